The molecule has 4 heteroatoms. The lowest BCUT2D eigenvalue weighted by molar-refractivity contribution is 0.102. The number of rotatable bonds is 2. The third-order valence-electron chi connectivity index (χ3n) is 4.01. The zero-order valence-corrected chi connectivity index (χ0v) is 14.0. The summed E-state index contributed by atoms with van der Waals surface area (Å²) >= 11 is 0. The van der Waals surface area contributed by atoms with Crippen LogP contribution in [-0.2, 0) is 7.05 Å². The van der Waals surface area contributed by atoms with Crippen molar-refractivity contribution >= 4 is 11.6 Å². The Balaban J connectivity index is 2.48. The Labute approximate surface area is 130 Å². The highest BCUT2D eigenvalue weighted by atomic mass is 16.2. The number of carbonyl (C=O) groups is 1. The quantitative estimate of drug-likeness (QED) is 0.925. The van der Waals surface area contributed by atoms with Gasteiger partial charge in [0, 0.05) is 18.4 Å². The Hall–Kier alpha value is -2.36. The molecule has 116 valence electrons. The minimum Gasteiger partial charge on any atom is -0.321 e. The van der Waals surface area contributed by atoms with Gasteiger partial charge in [-0.25, -0.2) is 0 Å². The lowest BCUT2D eigenvalue weighted by atomic mass is 10.0. The number of hydrogen-bond donors (Lipinski definition) is 1. The summed E-state index contributed by atoms with van der Waals surface area (Å²) < 4.78 is 1.50. The maximum atomic E-state index is 12.6. The lowest BCUT2D eigenvalue weighted by Gasteiger charge is -2.15. The van der Waals surface area contributed by atoms with Gasteiger partial charge >= 0.3 is 0 Å². The van der Waals surface area contributed by atoms with Gasteiger partial charge in [-0.1, -0.05) is 17.7 Å². The van der Waals surface area contributed by atoms with Crippen LogP contribution in [0.4, 0.5) is 5.69 Å². The van der Waals surface area contributed by atoms with Gasteiger partial charge in [-0.05, 0) is 57.4 Å². The number of aryl methyl sites for hydroxylation is 5. The Kier molecular flexibility index (Phi) is 4.22. The Morgan fingerprint density at radius 3 is 2.05 bits per heavy atom. The first-order chi connectivity index (χ1) is 10.2. The summed E-state index contributed by atoms with van der Waals surface area (Å²) in [5.74, 6) is -0.354. The third-order valence-corrected chi connectivity index (χ3v) is 4.01. The van der Waals surface area contributed by atoms with E-state index in [9.17, 15) is 9.59 Å². The van der Waals surface area contributed by atoms with Crippen LogP contribution in [0.3, 0.4) is 0 Å². The van der Waals surface area contributed by atoms with Crippen molar-refractivity contribution < 1.29 is 4.79 Å². The summed E-state index contributed by atoms with van der Waals surface area (Å²) in [5.41, 5.74) is 5.38. The molecule has 0 bridgehead atoms. The molecule has 0 aliphatic carbocycles. The largest absolute Gasteiger partial charge is 0.321 e. The van der Waals surface area contributed by atoms with Gasteiger partial charge in [0.1, 0.15) is 5.56 Å². The van der Waals surface area contributed by atoms with Crippen molar-refractivity contribution in [3.63, 3.8) is 0 Å². The number of benzene rings is 1. The molecular formula is C18H22N2O2. The van der Waals surface area contributed by atoms with Gasteiger partial charge in [0.25, 0.3) is 11.5 Å². The fourth-order valence-electron chi connectivity index (χ4n) is 2.81. The molecule has 0 saturated heterocycles. The number of hydrogen-bond acceptors (Lipinski definition) is 2. The molecule has 0 aliphatic heterocycles. The van der Waals surface area contributed by atoms with Crippen LogP contribution in [0.15, 0.2) is 23.0 Å². The minimum atomic E-state index is -0.354. The van der Waals surface area contributed by atoms with Crippen molar-refractivity contribution in [3.8, 4) is 0 Å². The molecule has 1 N–H and O–H groups in total. The van der Waals surface area contributed by atoms with Crippen molar-refractivity contribution in [1.82, 2.24) is 4.57 Å². The van der Waals surface area contributed by atoms with Crippen LogP contribution in [0.25, 0.3) is 0 Å². The minimum absolute atomic E-state index is 0.201. The van der Waals surface area contributed by atoms with E-state index in [4.69, 9.17) is 0 Å². The van der Waals surface area contributed by atoms with Gasteiger partial charge in [-0.3, -0.25) is 9.59 Å². The monoisotopic (exact) mass is 298 g/mol. The smallest absolute Gasteiger partial charge is 0.263 e. The van der Waals surface area contributed by atoms with E-state index in [2.05, 4.69) is 5.32 Å². The highest BCUT2D eigenvalue weighted by Gasteiger charge is 2.18. The SMILES string of the molecule is Cc1cc(C)c(NC(=O)c2c(C)cc(C)n(C)c2=O)c(C)c1. The number of anilines is 1. The third kappa shape index (κ3) is 2.82. The fraction of sp³-hybridized carbons (Fsp3) is 0.333. The van der Waals surface area contributed by atoms with E-state index in [1.165, 1.54) is 4.57 Å². The summed E-state index contributed by atoms with van der Waals surface area (Å²) in [4.78, 5) is 25.0. The van der Waals surface area contributed by atoms with Crippen molar-refractivity contribution in [1.29, 1.82) is 0 Å². The van der Waals surface area contributed by atoms with Crippen LogP contribution in [0, 0.1) is 34.6 Å². The molecule has 0 saturated carbocycles. The Morgan fingerprint density at radius 2 is 1.50 bits per heavy atom. The molecule has 2 rings (SSSR count). The number of nitrogens with zero attached hydrogens (tertiary/aromatic N) is 1. The molecule has 0 radical (unpaired) electrons. The van der Waals surface area contributed by atoms with Crippen molar-refractivity contribution in [2.24, 2.45) is 7.05 Å². The van der Waals surface area contributed by atoms with Gasteiger partial charge in [-0.2, -0.15) is 0 Å². The number of nitrogens with one attached hydrogen (secondary N) is 1. The molecule has 1 aromatic carbocycles. The van der Waals surface area contributed by atoms with E-state index in [0.717, 1.165) is 28.1 Å². The average molecular weight is 298 g/mol. The zero-order valence-electron chi connectivity index (χ0n) is 14.0. The molecule has 4 nitrogen and oxygen atoms in total. The van der Waals surface area contributed by atoms with E-state index in [1.807, 2.05) is 45.9 Å². The van der Waals surface area contributed by atoms with Crippen molar-refractivity contribution in [3.05, 3.63) is 62.1 Å². The first-order valence-corrected chi connectivity index (χ1v) is 7.28. The molecule has 1 amide bonds. The summed E-state index contributed by atoms with van der Waals surface area (Å²) in [5, 5.41) is 2.90. The summed E-state index contributed by atoms with van der Waals surface area (Å²) in [6.45, 7) is 9.57. The van der Waals surface area contributed by atoms with Crippen LogP contribution < -0.4 is 10.9 Å². The highest BCUT2D eigenvalue weighted by molar-refractivity contribution is 6.05. The molecule has 0 unspecified atom stereocenters. The Morgan fingerprint density at radius 1 is 0.955 bits per heavy atom. The van der Waals surface area contributed by atoms with Crippen molar-refractivity contribution in [2.75, 3.05) is 5.32 Å². The van der Waals surface area contributed by atoms with Crippen LogP contribution in [0.1, 0.15) is 38.3 Å². The molecule has 22 heavy (non-hydrogen) atoms. The second-order valence-electron chi connectivity index (χ2n) is 5.94. The number of aromatic nitrogens is 1. The number of amides is 1. The number of pyridine rings is 1. The van der Waals surface area contributed by atoms with Crippen LogP contribution >= 0.6 is 0 Å². The normalized spacial score (nSPS) is 10.6. The predicted octanol–water partition coefficient (Wildman–Crippen LogP) is 3.18. The maximum absolute atomic E-state index is 12.6. The molecule has 1 heterocycles. The van der Waals surface area contributed by atoms with E-state index in [-0.39, 0.29) is 17.0 Å². The van der Waals surface area contributed by atoms with Crippen LogP contribution in [-0.4, -0.2) is 10.5 Å². The molecule has 2 aromatic rings. The van der Waals surface area contributed by atoms with Gasteiger partial charge in [0.15, 0.2) is 0 Å². The van der Waals surface area contributed by atoms with Gasteiger partial charge in [0.2, 0.25) is 0 Å². The second-order valence-corrected chi connectivity index (χ2v) is 5.94. The first kappa shape index (κ1) is 16.0. The van der Waals surface area contributed by atoms with Gasteiger partial charge < -0.3 is 9.88 Å². The maximum Gasteiger partial charge on any atom is 0.263 e. The van der Waals surface area contributed by atoms with E-state index in [0.29, 0.717) is 5.56 Å². The molecular weight excluding hydrogens is 276 g/mol. The summed E-state index contributed by atoms with van der Waals surface area (Å²) in [7, 11) is 1.68. The summed E-state index contributed by atoms with van der Waals surface area (Å²) in [6, 6.07) is 5.89. The van der Waals surface area contributed by atoms with E-state index in [1.54, 1.807) is 14.0 Å². The zero-order chi connectivity index (χ0) is 16.6. The molecule has 0 fully saturated rings. The van der Waals surface area contributed by atoms with Gasteiger partial charge in [-0.15, -0.1) is 0 Å². The molecule has 0 atom stereocenters. The lowest BCUT2D eigenvalue weighted by Crippen LogP contribution is -2.30. The predicted molar refractivity (Wildman–Crippen MR) is 89.8 cm³/mol. The summed E-state index contributed by atoms with van der Waals surface area (Å²) in [6.07, 6.45) is 0. The van der Waals surface area contributed by atoms with E-state index < -0.39 is 0 Å². The van der Waals surface area contributed by atoms with Gasteiger partial charge in [0.05, 0.1) is 0 Å². The van der Waals surface area contributed by atoms with E-state index >= 15 is 0 Å². The molecule has 1 aromatic heterocycles. The van der Waals surface area contributed by atoms with Crippen LogP contribution in [0.5, 0.6) is 0 Å². The Bertz CT molecular complexity index is 794. The molecule has 0 spiro atoms. The standard InChI is InChI=1S/C18H22N2O2/c1-10-7-12(3)16(13(4)8-10)19-17(21)15-11(2)9-14(5)20(6)18(15)22/h7-9H,1-6H3,(H,19,21). The highest BCUT2D eigenvalue weighted by Crippen LogP contribution is 2.22. The average Bonchev–Trinajstić information content (AvgIpc) is 2.40. The fourth-order valence-corrected chi connectivity index (χ4v) is 2.81. The first-order valence-electron chi connectivity index (χ1n) is 7.28. The molecule has 0 aliphatic rings. The topological polar surface area (TPSA) is 51.1 Å². The second kappa shape index (κ2) is 5.79. The van der Waals surface area contributed by atoms with Crippen molar-refractivity contribution in [2.45, 2.75) is 34.6 Å². The van der Waals surface area contributed by atoms with Crippen LogP contribution in [0.2, 0.25) is 0 Å². The number of carbonyl (C=O) groups excluding carboxylic acids is 1.